The summed E-state index contributed by atoms with van der Waals surface area (Å²) in [4.78, 5) is 18.3. The third-order valence-electron chi connectivity index (χ3n) is 6.70. The molecule has 3 aromatic rings. The van der Waals surface area contributed by atoms with E-state index in [9.17, 15) is 26.7 Å². The molecule has 2 aliphatic carbocycles. The molecule has 0 bridgehead atoms. The van der Waals surface area contributed by atoms with Crippen molar-refractivity contribution in [3.8, 4) is 5.75 Å². The number of hydrogen-bond acceptors (Lipinski definition) is 7. The summed E-state index contributed by atoms with van der Waals surface area (Å²) in [5, 5.41) is 5.99. The molecule has 3 heterocycles. The van der Waals surface area contributed by atoms with Crippen LogP contribution in [0.25, 0.3) is 0 Å². The van der Waals surface area contributed by atoms with Crippen molar-refractivity contribution in [1.29, 1.82) is 0 Å². The molecule has 6 rings (SSSR count). The Morgan fingerprint density at radius 1 is 1.17 bits per heavy atom. The minimum Gasteiger partial charge on any atom is -0.484 e. The van der Waals surface area contributed by atoms with Gasteiger partial charge in [0.2, 0.25) is 0 Å². The van der Waals surface area contributed by atoms with Crippen LogP contribution in [0.15, 0.2) is 27.3 Å². The van der Waals surface area contributed by atoms with E-state index in [0.717, 1.165) is 31.4 Å². The lowest BCUT2D eigenvalue weighted by atomic mass is 10.2. The van der Waals surface area contributed by atoms with Crippen LogP contribution in [0.1, 0.15) is 48.2 Å². The Kier molecular flexibility index (Phi) is 5.20. The van der Waals surface area contributed by atoms with Gasteiger partial charge in [0.15, 0.2) is 23.1 Å². The van der Waals surface area contributed by atoms with Gasteiger partial charge in [-0.1, -0.05) is 5.16 Å². The largest absolute Gasteiger partial charge is 0.484 e. The molecule has 8 nitrogen and oxygen atoms in total. The molecule has 2 atom stereocenters. The summed E-state index contributed by atoms with van der Waals surface area (Å²) in [6.45, 7) is 0.380. The van der Waals surface area contributed by atoms with Gasteiger partial charge >= 0.3 is 6.18 Å². The zero-order valence-corrected chi connectivity index (χ0v) is 18.6. The van der Waals surface area contributed by atoms with E-state index < -0.39 is 47.3 Å². The quantitative estimate of drug-likeness (QED) is 0.452. The van der Waals surface area contributed by atoms with E-state index >= 15 is 0 Å². The number of anilines is 2. The number of aromatic nitrogens is 2. The Hall–Kier alpha value is -3.64. The molecule has 0 radical (unpaired) electrons. The first kappa shape index (κ1) is 22.8. The first-order valence-electron chi connectivity index (χ1n) is 11.3. The number of nitrogens with one attached hydrogen (secondary N) is 1. The number of fused-ring (bicyclic) bond motifs is 2. The number of benzene rings is 1. The van der Waals surface area contributed by atoms with Crippen LogP contribution in [-0.2, 0) is 19.5 Å². The Labute approximate surface area is 201 Å². The summed E-state index contributed by atoms with van der Waals surface area (Å²) in [7, 11) is 0. The van der Waals surface area contributed by atoms with Gasteiger partial charge in [-0.15, -0.1) is 0 Å². The maximum atomic E-state index is 14.6. The lowest BCUT2D eigenvalue weighted by Gasteiger charge is -2.17. The van der Waals surface area contributed by atoms with Crippen LogP contribution in [0.3, 0.4) is 0 Å². The molecule has 0 spiro atoms. The summed E-state index contributed by atoms with van der Waals surface area (Å²) in [6, 6.07) is 1.49. The Morgan fingerprint density at radius 2 is 1.89 bits per heavy atom. The maximum absolute atomic E-state index is 14.6. The van der Waals surface area contributed by atoms with E-state index in [1.54, 1.807) is 0 Å². The summed E-state index contributed by atoms with van der Waals surface area (Å²) in [5.74, 6) is -3.31. The fraction of sp³-hybridized carbons (Fsp3) is 0.435. The molecule has 2 fully saturated rings. The van der Waals surface area contributed by atoms with Crippen LogP contribution < -0.4 is 15.0 Å². The molecule has 1 aliphatic heterocycles. The van der Waals surface area contributed by atoms with Gasteiger partial charge < -0.3 is 23.9 Å². The predicted molar refractivity (Wildman–Crippen MR) is 114 cm³/mol. The van der Waals surface area contributed by atoms with Crippen molar-refractivity contribution in [3.63, 3.8) is 0 Å². The van der Waals surface area contributed by atoms with Gasteiger partial charge in [-0.05, 0) is 31.1 Å². The maximum Gasteiger partial charge on any atom is 0.396 e. The number of rotatable bonds is 6. The molecule has 1 N–H and O–H groups in total. The molecule has 2 saturated carbocycles. The van der Waals surface area contributed by atoms with Crippen LogP contribution in [0, 0.1) is 23.5 Å². The summed E-state index contributed by atoms with van der Waals surface area (Å²) in [5.41, 5.74) is 0.336. The van der Waals surface area contributed by atoms with Crippen LogP contribution in [0.4, 0.5) is 33.7 Å². The molecular weight excluding hydrogens is 491 g/mol. The molecule has 3 aliphatic rings. The van der Waals surface area contributed by atoms with Crippen LogP contribution in [0.5, 0.6) is 5.75 Å². The Morgan fingerprint density at radius 3 is 2.56 bits per heavy atom. The van der Waals surface area contributed by atoms with Crippen molar-refractivity contribution >= 4 is 17.6 Å². The van der Waals surface area contributed by atoms with Gasteiger partial charge in [0.05, 0.1) is 19.2 Å². The van der Waals surface area contributed by atoms with Crippen molar-refractivity contribution in [2.24, 2.45) is 11.8 Å². The second-order valence-electron chi connectivity index (χ2n) is 9.39. The molecule has 2 aromatic heterocycles. The van der Waals surface area contributed by atoms with Gasteiger partial charge in [0, 0.05) is 24.8 Å². The minimum absolute atomic E-state index is 0. The monoisotopic (exact) mass is 512 g/mol. The fourth-order valence-electron chi connectivity index (χ4n) is 4.93. The van der Waals surface area contributed by atoms with Crippen LogP contribution in [-0.4, -0.2) is 28.3 Å². The Bertz CT molecular complexity index is 1290. The second kappa shape index (κ2) is 8.20. The standard InChI is InChI=1S/C23H19F5N4O4.H2/c24-15-4-13(5-16(25)20(15)35-14-2-10-1-11(10)3-14)29-21(33)19-18(6-23(26,27)28)36-22(30-19)32-7-12-9-34-31-17(12)8-32;/h4-5,9-11,14H,1-3,6-8H2,(H,29,33);1H. The molecule has 1 aromatic carbocycles. The highest BCUT2D eigenvalue weighted by atomic mass is 19.4. The van der Waals surface area contributed by atoms with E-state index in [4.69, 9.17) is 13.7 Å². The van der Waals surface area contributed by atoms with Crippen molar-refractivity contribution in [3.05, 3.63) is 52.7 Å². The van der Waals surface area contributed by atoms with E-state index in [1.165, 1.54) is 11.2 Å². The number of ether oxygens (including phenoxy) is 1. The zero-order valence-electron chi connectivity index (χ0n) is 18.6. The number of alkyl halides is 3. The number of carbonyl (C=O) groups is 1. The minimum atomic E-state index is -4.69. The summed E-state index contributed by atoms with van der Waals surface area (Å²) in [6.07, 6.45) is -2.51. The normalized spacial score (nSPS) is 22.5. The molecule has 192 valence electrons. The average molecular weight is 512 g/mol. The fourth-order valence-corrected chi connectivity index (χ4v) is 4.93. The van der Waals surface area contributed by atoms with Gasteiger partial charge in [0.25, 0.3) is 11.9 Å². The highest BCUT2D eigenvalue weighted by molar-refractivity contribution is 6.03. The number of halogens is 5. The summed E-state index contributed by atoms with van der Waals surface area (Å²) < 4.78 is 84.3. The SMILES string of the molecule is O=C(Nc1cc(F)c(OC2CC3CC3C2)c(F)c1)c1nc(N2Cc3conc3C2)oc1CC(F)(F)F.[HH]. The topological polar surface area (TPSA) is 93.6 Å². The predicted octanol–water partition coefficient (Wildman–Crippen LogP) is 5.24. The third kappa shape index (κ3) is 4.37. The van der Waals surface area contributed by atoms with Crippen molar-refractivity contribution < 1.29 is 41.9 Å². The lowest BCUT2D eigenvalue weighted by molar-refractivity contribution is -0.130. The zero-order chi connectivity index (χ0) is 25.2. The van der Waals surface area contributed by atoms with E-state index in [-0.39, 0.29) is 32.3 Å². The first-order chi connectivity index (χ1) is 17.1. The van der Waals surface area contributed by atoms with E-state index in [0.29, 0.717) is 23.1 Å². The van der Waals surface area contributed by atoms with Crippen LogP contribution >= 0.6 is 0 Å². The number of nitrogens with zero attached hydrogens (tertiary/aromatic N) is 3. The molecule has 1 amide bonds. The average Bonchev–Trinajstić information content (AvgIpc) is 3.22. The highest BCUT2D eigenvalue weighted by Gasteiger charge is 2.47. The van der Waals surface area contributed by atoms with Crippen molar-refractivity contribution in [2.45, 2.75) is 51.1 Å². The van der Waals surface area contributed by atoms with Crippen molar-refractivity contribution in [1.82, 2.24) is 10.1 Å². The van der Waals surface area contributed by atoms with E-state index in [2.05, 4.69) is 15.5 Å². The molecule has 0 saturated heterocycles. The molecule has 36 heavy (non-hydrogen) atoms. The Balaban J connectivity index is 0.00000280. The third-order valence-corrected chi connectivity index (χ3v) is 6.70. The van der Waals surface area contributed by atoms with Crippen molar-refractivity contribution in [2.75, 3.05) is 10.2 Å². The molecular formula is C23H21F5N4O4. The van der Waals surface area contributed by atoms with Crippen LogP contribution in [0.2, 0.25) is 0 Å². The van der Waals surface area contributed by atoms with Gasteiger partial charge in [0.1, 0.15) is 24.1 Å². The molecule has 13 heteroatoms. The lowest BCUT2D eigenvalue weighted by Crippen LogP contribution is -2.19. The molecule has 2 unspecified atom stereocenters. The van der Waals surface area contributed by atoms with Gasteiger partial charge in [-0.25, -0.2) is 8.78 Å². The first-order valence-corrected chi connectivity index (χ1v) is 11.3. The second-order valence-corrected chi connectivity index (χ2v) is 9.39. The van der Waals surface area contributed by atoms with E-state index in [1.807, 2.05) is 0 Å². The highest BCUT2D eigenvalue weighted by Crippen LogP contribution is 2.52. The van der Waals surface area contributed by atoms with Gasteiger partial charge in [-0.3, -0.25) is 4.79 Å². The number of oxazole rings is 1. The van der Waals surface area contributed by atoms with Gasteiger partial charge in [-0.2, -0.15) is 18.2 Å². The number of carbonyl (C=O) groups excluding carboxylic acids is 1. The number of amides is 1. The summed E-state index contributed by atoms with van der Waals surface area (Å²) >= 11 is 0. The number of hydrogen-bond donors (Lipinski definition) is 1. The smallest absolute Gasteiger partial charge is 0.396 e.